The highest BCUT2D eigenvalue weighted by Crippen LogP contribution is 2.38. The molecule has 2 heterocycles. The summed E-state index contributed by atoms with van der Waals surface area (Å²) in [6.07, 6.45) is 3.20. The van der Waals surface area contributed by atoms with Crippen LogP contribution in [0.25, 0.3) is 0 Å². The predicted molar refractivity (Wildman–Crippen MR) is 67.7 cm³/mol. The molecule has 1 aliphatic carbocycles. The van der Waals surface area contributed by atoms with Crippen LogP contribution >= 0.6 is 0 Å². The second-order valence-electron chi connectivity index (χ2n) is 5.67. The maximum absolute atomic E-state index is 12.1. The number of carbonyl (C=O) groups excluding carboxylic acids is 3. The second-order valence-corrected chi connectivity index (χ2v) is 5.67. The summed E-state index contributed by atoms with van der Waals surface area (Å²) in [6, 6.07) is -0.288. The number of piperidine rings is 1. The zero-order valence-electron chi connectivity index (χ0n) is 10.7. The molecule has 1 saturated carbocycles. The van der Waals surface area contributed by atoms with Gasteiger partial charge in [0.1, 0.15) is 5.54 Å². The normalized spacial score (nSPS) is 25.9. The fourth-order valence-corrected chi connectivity index (χ4v) is 3.01. The van der Waals surface area contributed by atoms with Gasteiger partial charge in [-0.05, 0) is 31.6 Å². The van der Waals surface area contributed by atoms with E-state index in [1.54, 1.807) is 4.90 Å². The first-order valence-corrected chi connectivity index (χ1v) is 6.70. The summed E-state index contributed by atoms with van der Waals surface area (Å²) in [6.45, 7) is 1.50. The molecule has 1 spiro atoms. The Kier molecular flexibility index (Phi) is 2.80. The van der Waals surface area contributed by atoms with Crippen molar-refractivity contribution in [2.24, 2.45) is 5.92 Å². The number of hydrogen-bond acceptors (Lipinski definition) is 3. The molecule has 100 valence electrons. The molecular weight excluding hydrogens is 245 g/mol. The molecule has 2 aliphatic heterocycles. The lowest BCUT2D eigenvalue weighted by Gasteiger charge is -2.42. The van der Waals surface area contributed by atoms with Crippen molar-refractivity contribution in [2.45, 2.75) is 31.2 Å². The number of nitrogens with zero attached hydrogens (tertiary/aromatic N) is 2. The van der Waals surface area contributed by atoms with E-state index >= 15 is 0 Å². The lowest BCUT2D eigenvalue weighted by atomic mass is 9.85. The lowest BCUT2D eigenvalue weighted by molar-refractivity contribution is -0.128. The standard InChI is InChI=1S/C12H16BN3O3/c13-10(18)15-5-3-12(4-6-15)9(17)14-11(19)16(12)7-8-1-2-8/h8H,1-7H2,(H,14,17,19). The number of likely N-dealkylation sites (tertiary alicyclic amines) is 1. The summed E-state index contributed by atoms with van der Waals surface area (Å²) in [4.78, 5) is 38.4. The van der Waals surface area contributed by atoms with Gasteiger partial charge < -0.3 is 9.80 Å². The number of urea groups is 1. The molecule has 0 unspecified atom stereocenters. The Labute approximate surface area is 112 Å². The zero-order valence-corrected chi connectivity index (χ0v) is 10.7. The van der Waals surface area contributed by atoms with Gasteiger partial charge >= 0.3 is 6.03 Å². The van der Waals surface area contributed by atoms with Crippen LogP contribution in [-0.4, -0.2) is 60.6 Å². The number of imide groups is 1. The van der Waals surface area contributed by atoms with Gasteiger partial charge in [0.05, 0.1) is 0 Å². The third kappa shape index (κ3) is 2.01. The Bertz CT molecular complexity index is 442. The third-order valence-corrected chi connectivity index (χ3v) is 4.44. The molecule has 4 amide bonds. The van der Waals surface area contributed by atoms with Gasteiger partial charge in [-0.25, -0.2) is 4.79 Å². The van der Waals surface area contributed by atoms with E-state index in [2.05, 4.69) is 5.32 Å². The van der Waals surface area contributed by atoms with Crippen LogP contribution in [0.3, 0.4) is 0 Å². The Morgan fingerprint density at radius 2 is 1.95 bits per heavy atom. The average molecular weight is 261 g/mol. The molecule has 7 heteroatoms. The Morgan fingerprint density at radius 3 is 2.47 bits per heavy atom. The fraction of sp³-hybridized carbons (Fsp3) is 0.750. The molecule has 0 aromatic heterocycles. The summed E-state index contributed by atoms with van der Waals surface area (Å²) >= 11 is 0. The van der Waals surface area contributed by atoms with Crippen LogP contribution in [0.15, 0.2) is 0 Å². The molecule has 0 atom stereocenters. The number of amides is 4. The largest absolute Gasteiger partial charge is 0.352 e. The van der Waals surface area contributed by atoms with Gasteiger partial charge in [0, 0.05) is 19.6 Å². The number of rotatable bonds is 2. The molecule has 6 nitrogen and oxygen atoms in total. The second kappa shape index (κ2) is 4.25. The highest BCUT2D eigenvalue weighted by molar-refractivity contribution is 6.56. The smallest absolute Gasteiger partial charge is 0.325 e. The monoisotopic (exact) mass is 261 g/mol. The quantitative estimate of drug-likeness (QED) is 0.565. The molecule has 3 aliphatic rings. The van der Waals surface area contributed by atoms with Gasteiger partial charge in [-0.3, -0.25) is 14.9 Å². The lowest BCUT2D eigenvalue weighted by Crippen LogP contribution is -2.57. The van der Waals surface area contributed by atoms with E-state index in [-0.39, 0.29) is 11.9 Å². The first-order valence-electron chi connectivity index (χ1n) is 6.70. The molecular formula is C12H16BN3O3. The van der Waals surface area contributed by atoms with Gasteiger partial charge in [-0.1, -0.05) is 0 Å². The van der Waals surface area contributed by atoms with Crippen molar-refractivity contribution >= 4 is 25.6 Å². The van der Waals surface area contributed by atoms with Crippen molar-refractivity contribution in [3.8, 4) is 0 Å². The van der Waals surface area contributed by atoms with Gasteiger partial charge in [0.15, 0.2) is 5.81 Å². The fourth-order valence-electron chi connectivity index (χ4n) is 3.01. The van der Waals surface area contributed by atoms with Crippen molar-refractivity contribution in [3.63, 3.8) is 0 Å². The minimum Gasteiger partial charge on any atom is -0.352 e. The molecule has 0 aromatic rings. The van der Waals surface area contributed by atoms with Gasteiger partial charge in [-0.15, -0.1) is 0 Å². The third-order valence-electron chi connectivity index (χ3n) is 4.44. The van der Waals surface area contributed by atoms with E-state index in [4.69, 9.17) is 7.85 Å². The van der Waals surface area contributed by atoms with Crippen molar-refractivity contribution < 1.29 is 14.4 Å². The van der Waals surface area contributed by atoms with Gasteiger partial charge in [0.25, 0.3) is 5.91 Å². The average Bonchev–Trinajstić information content (AvgIpc) is 3.16. The molecule has 1 N–H and O–H groups in total. The van der Waals surface area contributed by atoms with Gasteiger partial charge in [0.2, 0.25) is 7.85 Å². The minimum absolute atomic E-state index is 0.220. The molecule has 3 rings (SSSR count). The first kappa shape index (κ1) is 12.5. The highest BCUT2D eigenvalue weighted by Gasteiger charge is 2.54. The predicted octanol–water partition coefficient (Wildman–Crippen LogP) is 0.0713. The topological polar surface area (TPSA) is 69.7 Å². The first-order chi connectivity index (χ1) is 9.03. The van der Waals surface area contributed by atoms with E-state index in [1.165, 1.54) is 4.90 Å². The van der Waals surface area contributed by atoms with E-state index in [0.717, 1.165) is 12.8 Å². The van der Waals surface area contributed by atoms with Crippen LogP contribution in [0.2, 0.25) is 0 Å². The van der Waals surface area contributed by atoms with Crippen LogP contribution in [0, 0.1) is 5.92 Å². The van der Waals surface area contributed by atoms with Crippen LogP contribution in [0.4, 0.5) is 9.59 Å². The van der Waals surface area contributed by atoms with E-state index in [0.29, 0.717) is 38.4 Å². The Morgan fingerprint density at radius 1 is 1.32 bits per heavy atom. The van der Waals surface area contributed by atoms with Crippen LogP contribution < -0.4 is 5.32 Å². The molecule has 2 radical (unpaired) electrons. The number of hydrogen-bond donors (Lipinski definition) is 1. The molecule has 2 saturated heterocycles. The zero-order chi connectivity index (χ0) is 13.6. The summed E-state index contributed by atoms with van der Waals surface area (Å²) in [7, 11) is 5.25. The van der Waals surface area contributed by atoms with Crippen LogP contribution in [-0.2, 0) is 4.79 Å². The molecule has 3 fully saturated rings. The van der Waals surface area contributed by atoms with E-state index in [9.17, 15) is 14.4 Å². The SMILES string of the molecule is [B]C(=O)N1CCC2(CC1)C(=O)NC(=O)N2CC1CC1. The van der Waals surface area contributed by atoms with Crippen LogP contribution in [0.5, 0.6) is 0 Å². The van der Waals surface area contributed by atoms with Gasteiger partial charge in [-0.2, -0.15) is 0 Å². The Hall–Kier alpha value is -1.53. The number of nitrogens with one attached hydrogen (secondary N) is 1. The van der Waals surface area contributed by atoms with E-state index < -0.39 is 11.3 Å². The summed E-state index contributed by atoms with van der Waals surface area (Å²) in [5, 5.41) is 2.42. The maximum Gasteiger partial charge on any atom is 0.325 e. The summed E-state index contributed by atoms with van der Waals surface area (Å²) in [5.74, 6) is -0.154. The van der Waals surface area contributed by atoms with Crippen molar-refractivity contribution in [3.05, 3.63) is 0 Å². The van der Waals surface area contributed by atoms with E-state index in [1.807, 2.05) is 0 Å². The molecule has 0 bridgehead atoms. The van der Waals surface area contributed by atoms with Crippen LogP contribution in [0.1, 0.15) is 25.7 Å². The molecule has 19 heavy (non-hydrogen) atoms. The van der Waals surface area contributed by atoms with Crippen molar-refractivity contribution in [2.75, 3.05) is 19.6 Å². The van der Waals surface area contributed by atoms with Crippen molar-refractivity contribution in [1.29, 1.82) is 0 Å². The Balaban J connectivity index is 1.78. The minimum atomic E-state index is -0.758. The molecule has 0 aromatic carbocycles. The highest BCUT2D eigenvalue weighted by atomic mass is 16.2. The van der Waals surface area contributed by atoms with Crippen molar-refractivity contribution in [1.82, 2.24) is 15.1 Å². The summed E-state index contributed by atoms with van der Waals surface area (Å²) in [5.41, 5.74) is -0.758. The number of carbonyl (C=O) groups is 3. The maximum atomic E-state index is 12.1. The summed E-state index contributed by atoms with van der Waals surface area (Å²) < 4.78 is 0.